The van der Waals surface area contributed by atoms with Crippen LogP contribution in [0.1, 0.15) is 36.5 Å². The Hall–Kier alpha value is -2.74. The number of piperazine rings is 1. The molecule has 30 heavy (non-hydrogen) atoms. The number of carbonyl (C=O) groups is 2. The van der Waals surface area contributed by atoms with Gasteiger partial charge in [-0.05, 0) is 24.3 Å². The second kappa shape index (κ2) is 7.83. The molecule has 8 nitrogen and oxygen atoms in total. The number of nitrogens with one attached hydrogen (secondary N) is 1. The van der Waals surface area contributed by atoms with E-state index >= 15 is 0 Å². The van der Waals surface area contributed by atoms with E-state index in [1.54, 1.807) is 4.90 Å². The highest BCUT2D eigenvalue weighted by Crippen LogP contribution is 2.49. The van der Waals surface area contributed by atoms with Crippen LogP contribution in [0.5, 0.6) is 0 Å². The van der Waals surface area contributed by atoms with Crippen LogP contribution in [0.15, 0.2) is 34.9 Å². The highest BCUT2D eigenvalue weighted by atomic mass is 16.5. The topological polar surface area (TPSA) is 91.6 Å². The van der Waals surface area contributed by atoms with Crippen molar-refractivity contribution in [2.75, 3.05) is 39.3 Å². The van der Waals surface area contributed by atoms with Gasteiger partial charge in [0.15, 0.2) is 5.82 Å². The average Bonchev–Trinajstić information content (AvgIpc) is 3.43. The Bertz CT molecular complexity index is 930. The normalized spacial score (nSPS) is 26.6. The van der Waals surface area contributed by atoms with Gasteiger partial charge in [0.1, 0.15) is 0 Å². The largest absolute Gasteiger partial charge is 0.353 e. The molecule has 2 atom stereocenters. The van der Waals surface area contributed by atoms with Crippen molar-refractivity contribution in [2.24, 2.45) is 5.92 Å². The van der Waals surface area contributed by atoms with E-state index in [4.69, 9.17) is 9.51 Å². The van der Waals surface area contributed by atoms with Gasteiger partial charge in [0, 0.05) is 32.6 Å². The molecule has 158 valence electrons. The number of carbonyl (C=O) groups excluding carboxylic acids is 2. The molecular formula is C22H27N5O3. The predicted molar refractivity (Wildman–Crippen MR) is 109 cm³/mol. The molecule has 1 saturated carbocycles. The Morgan fingerprint density at radius 2 is 2.17 bits per heavy atom. The number of amides is 2. The third-order valence-electron chi connectivity index (χ3n) is 6.79. The molecule has 2 saturated heterocycles. The van der Waals surface area contributed by atoms with Gasteiger partial charge in [-0.3, -0.25) is 14.5 Å². The summed E-state index contributed by atoms with van der Waals surface area (Å²) in [4.78, 5) is 33.0. The second-order valence-electron chi connectivity index (χ2n) is 8.76. The molecule has 1 aliphatic carbocycles. The van der Waals surface area contributed by atoms with Crippen molar-refractivity contribution < 1.29 is 14.1 Å². The summed E-state index contributed by atoms with van der Waals surface area (Å²) >= 11 is 0. The number of benzene rings is 1. The fourth-order valence-corrected chi connectivity index (χ4v) is 5.31. The van der Waals surface area contributed by atoms with Crippen LogP contribution in [0.25, 0.3) is 0 Å². The average molecular weight is 409 g/mol. The zero-order valence-corrected chi connectivity index (χ0v) is 17.0. The van der Waals surface area contributed by atoms with Crippen molar-refractivity contribution in [2.45, 2.75) is 31.1 Å². The van der Waals surface area contributed by atoms with E-state index in [0.29, 0.717) is 37.8 Å². The maximum atomic E-state index is 12.7. The van der Waals surface area contributed by atoms with E-state index in [1.165, 1.54) is 0 Å². The Kier molecular flexibility index (Phi) is 5.02. The maximum absolute atomic E-state index is 12.7. The molecule has 3 heterocycles. The molecule has 0 bridgehead atoms. The summed E-state index contributed by atoms with van der Waals surface area (Å²) in [6.45, 7) is 3.24. The van der Waals surface area contributed by atoms with Gasteiger partial charge in [0.2, 0.25) is 17.7 Å². The van der Waals surface area contributed by atoms with E-state index in [-0.39, 0.29) is 23.8 Å². The molecule has 5 rings (SSSR count). The quantitative estimate of drug-likeness (QED) is 0.791. The van der Waals surface area contributed by atoms with Crippen LogP contribution in [0.3, 0.4) is 0 Å². The van der Waals surface area contributed by atoms with Crippen molar-refractivity contribution in [1.82, 2.24) is 25.3 Å². The molecule has 8 heteroatoms. The first-order valence-corrected chi connectivity index (χ1v) is 10.8. The van der Waals surface area contributed by atoms with Crippen LogP contribution in [-0.2, 0) is 21.4 Å². The summed E-state index contributed by atoms with van der Waals surface area (Å²) in [6.07, 6.45) is 3.94. The minimum absolute atomic E-state index is 0.0234. The van der Waals surface area contributed by atoms with E-state index in [9.17, 15) is 9.59 Å². The third kappa shape index (κ3) is 3.60. The first-order valence-electron chi connectivity index (χ1n) is 10.8. The molecule has 1 aromatic carbocycles. The number of hydrogen-bond donors (Lipinski definition) is 1. The fraction of sp³-hybridized carbons (Fsp3) is 0.545. The van der Waals surface area contributed by atoms with Crippen molar-refractivity contribution in [1.29, 1.82) is 0 Å². The lowest BCUT2D eigenvalue weighted by molar-refractivity contribution is -0.138. The Morgan fingerprint density at radius 1 is 1.30 bits per heavy atom. The predicted octanol–water partition coefficient (Wildman–Crippen LogP) is 0.972. The number of nitrogens with zero attached hydrogens (tertiary/aromatic N) is 4. The minimum Gasteiger partial charge on any atom is -0.353 e. The van der Waals surface area contributed by atoms with Crippen LogP contribution < -0.4 is 5.32 Å². The van der Waals surface area contributed by atoms with Gasteiger partial charge < -0.3 is 14.7 Å². The molecule has 0 unspecified atom stereocenters. The van der Waals surface area contributed by atoms with E-state index < -0.39 is 0 Å². The van der Waals surface area contributed by atoms with Gasteiger partial charge in [-0.15, -0.1) is 0 Å². The van der Waals surface area contributed by atoms with Crippen molar-refractivity contribution in [3.8, 4) is 0 Å². The van der Waals surface area contributed by atoms with Crippen LogP contribution >= 0.6 is 0 Å². The minimum atomic E-state index is -0.151. The summed E-state index contributed by atoms with van der Waals surface area (Å²) < 4.78 is 5.77. The summed E-state index contributed by atoms with van der Waals surface area (Å²) in [5.74, 6) is 1.81. The second-order valence-corrected chi connectivity index (χ2v) is 8.76. The smallest absolute Gasteiger partial charge is 0.239 e. The van der Waals surface area contributed by atoms with Crippen LogP contribution in [0.2, 0.25) is 0 Å². The maximum Gasteiger partial charge on any atom is 0.239 e. The lowest BCUT2D eigenvalue weighted by Gasteiger charge is -2.29. The van der Waals surface area contributed by atoms with Gasteiger partial charge >= 0.3 is 0 Å². The summed E-state index contributed by atoms with van der Waals surface area (Å²) in [5.41, 5.74) is 1.01. The first kappa shape index (κ1) is 19.2. The van der Waals surface area contributed by atoms with Crippen LogP contribution in [-0.4, -0.2) is 71.0 Å². The molecule has 1 aromatic heterocycles. The van der Waals surface area contributed by atoms with E-state index in [2.05, 4.69) is 27.5 Å². The lowest BCUT2D eigenvalue weighted by Crippen LogP contribution is -2.52. The SMILES string of the molecule is O=C1CN(C(=O)CN2C[C@H]3CCC[C@@]3(c3nc(Cc4ccccc4)no3)C2)CCN1. The van der Waals surface area contributed by atoms with Gasteiger partial charge in [-0.25, -0.2) is 0 Å². The molecule has 2 aromatic rings. The van der Waals surface area contributed by atoms with Crippen LogP contribution in [0, 0.1) is 5.92 Å². The molecule has 0 radical (unpaired) electrons. The number of likely N-dealkylation sites (tertiary alicyclic amines) is 1. The number of fused-ring (bicyclic) bond motifs is 1. The summed E-state index contributed by atoms with van der Waals surface area (Å²) in [6, 6.07) is 10.2. The summed E-state index contributed by atoms with van der Waals surface area (Å²) in [7, 11) is 0. The summed E-state index contributed by atoms with van der Waals surface area (Å²) in [5, 5.41) is 7.02. The number of hydrogen-bond acceptors (Lipinski definition) is 6. The molecule has 1 N–H and O–H groups in total. The molecule has 3 aliphatic rings. The molecule has 3 fully saturated rings. The number of rotatable bonds is 5. The lowest BCUT2D eigenvalue weighted by atomic mass is 9.80. The van der Waals surface area contributed by atoms with Crippen molar-refractivity contribution >= 4 is 11.8 Å². The zero-order chi connectivity index (χ0) is 20.6. The number of aromatic nitrogens is 2. The molecule has 2 amide bonds. The van der Waals surface area contributed by atoms with Crippen LogP contribution in [0.4, 0.5) is 0 Å². The van der Waals surface area contributed by atoms with E-state index in [0.717, 1.165) is 43.8 Å². The Morgan fingerprint density at radius 3 is 3.00 bits per heavy atom. The van der Waals surface area contributed by atoms with E-state index in [1.807, 2.05) is 18.2 Å². The standard InChI is InChI=1S/C22H27N5O3/c28-19-13-27(10-9-23-19)20(29)14-26-12-17-7-4-8-22(17,15-26)21-24-18(25-30-21)11-16-5-2-1-3-6-16/h1-3,5-6,17H,4,7-15H2,(H,23,28)/t17-,22-/m1/s1. The van der Waals surface area contributed by atoms with Crippen molar-refractivity contribution in [3.05, 3.63) is 47.6 Å². The Balaban J connectivity index is 1.28. The third-order valence-corrected chi connectivity index (χ3v) is 6.79. The van der Waals surface area contributed by atoms with Gasteiger partial charge in [-0.2, -0.15) is 4.98 Å². The monoisotopic (exact) mass is 409 g/mol. The van der Waals surface area contributed by atoms with Crippen molar-refractivity contribution in [3.63, 3.8) is 0 Å². The van der Waals surface area contributed by atoms with Gasteiger partial charge in [0.05, 0.1) is 18.5 Å². The highest BCUT2D eigenvalue weighted by Gasteiger charge is 2.54. The highest BCUT2D eigenvalue weighted by molar-refractivity contribution is 5.86. The fourth-order valence-electron chi connectivity index (χ4n) is 5.31. The van der Waals surface area contributed by atoms with Gasteiger partial charge in [0.25, 0.3) is 0 Å². The molecule has 2 aliphatic heterocycles. The molecular weight excluding hydrogens is 382 g/mol. The van der Waals surface area contributed by atoms with Gasteiger partial charge in [-0.1, -0.05) is 41.9 Å². The first-order chi connectivity index (χ1) is 14.6. The molecule has 0 spiro atoms. The Labute approximate surface area is 175 Å². The zero-order valence-electron chi connectivity index (χ0n) is 17.0.